The summed E-state index contributed by atoms with van der Waals surface area (Å²) >= 11 is 0. The summed E-state index contributed by atoms with van der Waals surface area (Å²) in [6, 6.07) is 0.419. The third kappa shape index (κ3) is 0.578. The minimum absolute atomic E-state index is 0.292. The lowest BCUT2D eigenvalue weighted by Gasteiger charge is -2.39. The first-order chi connectivity index (χ1) is 6.36. The average Bonchev–Trinajstić information content (AvgIpc) is 2.79. The first kappa shape index (κ1) is 6.41. The summed E-state index contributed by atoms with van der Waals surface area (Å²) in [5.41, 5.74) is 0. The molecule has 13 heavy (non-hydrogen) atoms. The Balaban J connectivity index is 1.87. The second-order valence-electron chi connectivity index (χ2n) is 4.64. The van der Waals surface area contributed by atoms with Gasteiger partial charge in [-0.15, -0.1) is 0 Å². The number of carbonyl (C=O) groups is 1. The molecule has 1 amide bonds. The van der Waals surface area contributed by atoms with Gasteiger partial charge in [0.15, 0.2) is 0 Å². The van der Waals surface area contributed by atoms with E-state index in [4.69, 9.17) is 0 Å². The van der Waals surface area contributed by atoms with Gasteiger partial charge in [0.25, 0.3) is 0 Å². The molecule has 4 unspecified atom stereocenters. The number of allylic oxidation sites excluding steroid dienone is 2. The van der Waals surface area contributed by atoms with Gasteiger partial charge in [-0.25, -0.2) is 0 Å². The van der Waals surface area contributed by atoms with Crippen molar-refractivity contribution >= 4 is 5.91 Å². The van der Waals surface area contributed by atoms with Crippen LogP contribution in [0.5, 0.6) is 0 Å². The van der Waals surface area contributed by atoms with E-state index in [-0.39, 0.29) is 0 Å². The maximum absolute atomic E-state index is 11.4. The highest BCUT2D eigenvalue weighted by Gasteiger charge is 2.62. The van der Waals surface area contributed by atoms with Crippen LogP contribution in [0, 0.1) is 29.6 Å². The molecular weight excluding hydrogens is 162 g/mol. The number of β-lactam (4-membered cyclic amide) rings is 1. The third-order valence-electron chi connectivity index (χ3n) is 4.13. The molecule has 2 heteroatoms. The van der Waals surface area contributed by atoms with E-state index in [1.54, 1.807) is 0 Å². The number of hydrogen-bond acceptors (Lipinski definition) is 1. The van der Waals surface area contributed by atoms with E-state index in [9.17, 15) is 4.79 Å². The van der Waals surface area contributed by atoms with Crippen LogP contribution in [-0.4, -0.2) is 11.9 Å². The van der Waals surface area contributed by atoms with Gasteiger partial charge < -0.3 is 5.32 Å². The molecule has 0 aromatic heterocycles. The van der Waals surface area contributed by atoms with Crippen LogP contribution in [0.1, 0.15) is 0 Å². The summed E-state index contributed by atoms with van der Waals surface area (Å²) in [6.45, 7) is 0. The quantitative estimate of drug-likeness (QED) is 0.424. The van der Waals surface area contributed by atoms with E-state index in [1.807, 2.05) is 0 Å². The van der Waals surface area contributed by atoms with Crippen LogP contribution in [0.4, 0.5) is 0 Å². The van der Waals surface area contributed by atoms with Gasteiger partial charge in [0.05, 0.1) is 12.0 Å². The molecule has 5 aliphatic rings. The van der Waals surface area contributed by atoms with E-state index in [1.165, 1.54) is 0 Å². The maximum Gasteiger partial charge on any atom is 0.225 e. The van der Waals surface area contributed by atoms with Crippen molar-refractivity contribution in [1.29, 1.82) is 0 Å². The molecule has 2 fully saturated rings. The van der Waals surface area contributed by atoms with Gasteiger partial charge in [-0.3, -0.25) is 4.79 Å². The zero-order chi connectivity index (χ0) is 8.58. The normalized spacial score (nSPS) is 58.9. The van der Waals surface area contributed by atoms with Gasteiger partial charge in [0.2, 0.25) is 5.91 Å². The molecule has 66 valence electrons. The van der Waals surface area contributed by atoms with Crippen molar-refractivity contribution in [2.75, 3.05) is 0 Å². The fraction of sp³-hybridized carbons (Fsp3) is 0.545. The molecule has 5 rings (SSSR count). The second-order valence-corrected chi connectivity index (χ2v) is 4.64. The molecule has 1 aliphatic heterocycles. The molecule has 1 saturated carbocycles. The molecule has 1 heterocycles. The smallest absolute Gasteiger partial charge is 0.225 e. The Hall–Kier alpha value is -1.05. The van der Waals surface area contributed by atoms with E-state index >= 15 is 0 Å². The van der Waals surface area contributed by atoms with Crippen molar-refractivity contribution in [3.05, 3.63) is 24.3 Å². The SMILES string of the molecule is O=C1NC2C3C=CC4C(C=C3)C4C12. The second kappa shape index (κ2) is 1.74. The maximum atomic E-state index is 11.4. The van der Waals surface area contributed by atoms with Crippen LogP contribution in [0.25, 0.3) is 0 Å². The fourth-order valence-electron chi connectivity index (χ4n) is 3.36. The van der Waals surface area contributed by atoms with Crippen molar-refractivity contribution in [2.24, 2.45) is 29.6 Å². The molecule has 0 aromatic carbocycles. The monoisotopic (exact) mass is 173 g/mol. The van der Waals surface area contributed by atoms with Crippen molar-refractivity contribution < 1.29 is 4.79 Å². The van der Waals surface area contributed by atoms with Gasteiger partial charge in [-0.2, -0.15) is 0 Å². The number of carbonyl (C=O) groups excluding carboxylic acids is 1. The Kier molecular flexibility index (Phi) is 0.859. The van der Waals surface area contributed by atoms with Crippen LogP contribution < -0.4 is 5.32 Å². The molecule has 0 radical (unpaired) electrons. The summed E-state index contributed by atoms with van der Waals surface area (Å²) in [4.78, 5) is 11.4. The zero-order valence-electron chi connectivity index (χ0n) is 7.18. The zero-order valence-corrected chi connectivity index (χ0v) is 7.18. The van der Waals surface area contributed by atoms with Gasteiger partial charge in [-0.1, -0.05) is 24.3 Å². The number of hydrogen-bond donors (Lipinski definition) is 1. The first-order valence-corrected chi connectivity index (χ1v) is 5.03. The van der Waals surface area contributed by atoms with Crippen LogP contribution in [0.2, 0.25) is 0 Å². The first-order valence-electron chi connectivity index (χ1n) is 5.03. The minimum atomic E-state index is 0.292. The van der Waals surface area contributed by atoms with Gasteiger partial charge in [0, 0.05) is 5.92 Å². The van der Waals surface area contributed by atoms with E-state index in [0.717, 1.165) is 0 Å². The largest absolute Gasteiger partial charge is 0.351 e. The Bertz CT molecular complexity index is 335. The molecule has 0 aromatic rings. The lowest BCUT2D eigenvalue weighted by atomic mass is 9.79. The van der Waals surface area contributed by atoms with Crippen molar-refractivity contribution in [3.8, 4) is 0 Å². The van der Waals surface area contributed by atoms with Crippen molar-refractivity contribution in [1.82, 2.24) is 5.32 Å². The molecule has 4 atom stereocenters. The predicted octanol–water partition coefficient (Wildman–Crippen LogP) is 0.719. The Morgan fingerprint density at radius 2 is 1.77 bits per heavy atom. The Morgan fingerprint density at radius 3 is 2.38 bits per heavy atom. The van der Waals surface area contributed by atoms with Crippen molar-refractivity contribution in [3.63, 3.8) is 0 Å². The Morgan fingerprint density at radius 1 is 1.08 bits per heavy atom. The van der Waals surface area contributed by atoms with Crippen LogP contribution in [-0.2, 0) is 4.79 Å². The lowest BCUT2D eigenvalue weighted by Crippen LogP contribution is -2.61. The topological polar surface area (TPSA) is 29.1 Å². The van der Waals surface area contributed by atoms with E-state index < -0.39 is 0 Å². The number of rotatable bonds is 0. The molecule has 0 spiro atoms. The highest BCUT2D eigenvalue weighted by atomic mass is 16.2. The minimum Gasteiger partial charge on any atom is -0.351 e. The summed E-state index contributed by atoms with van der Waals surface area (Å²) in [5, 5.41) is 3.03. The average molecular weight is 173 g/mol. The third-order valence-corrected chi connectivity index (χ3v) is 4.13. The molecule has 1 saturated heterocycles. The lowest BCUT2D eigenvalue weighted by molar-refractivity contribution is -0.137. The highest BCUT2D eigenvalue weighted by Crippen LogP contribution is 2.60. The summed E-state index contributed by atoms with van der Waals surface area (Å²) < 4.78 is 0. The summed E-state index contributed by atoms with van der Waals surface area (Å²) in [5.74, 6) is 3.09. The molecular formula is C11H11NO. The number of amides is 1. The standard InChI is InChI=1S/C11H11NO/c13-11-9-8-6-3-1-5(10(9)12-11)2-4-7(6)8/h1-10H,(H,12,13). The summed E-state index contributed by atoms with van der Waals surface area (Å²) in [6.07, 6.45) is 9.22. The van der Waals surface area contributed by atoms with E-state index in [2.05, 4.69) is 29.6 Å². The number of nitrogens with one attached hydrogen (secondary N) is 1. The summed E-state index contributed by atoms with van der Waals surface area (Å²) in [7, 11) is 0. The van der Waals surface area contributed by atoms with E-state index in [0.29, 0.717) is 41.5 Å². The molecule has 4 bridgehead atoms. The van der Waals surface area contributed by atoms with Crippen molar-refractivity contribution in [2.45, 2.75) is 6.04 Å². The molecule has 2 nitrogen and oxygen atoms in total. The molecule has 4 aliphatic carbocycles. The molecule has 1 N–H and O–H groups in total. The Labute approximate surface area is 76.7 Å². The highest BCUT2D eigenvalue weighted by molar-refractivity contribution is 5.87. The van der Waals surface area contributed by atoms with Crippen LogP contribution in [0.3, 0.4) is 0 Å². The van der Waals surface area contributed by atoms with Crippen LogP contribution in [0.15, 0.2) is 24.3 Å². The van der Waals surface area contributed by atoms with Gasteiger partial charge >= 0.3 is 0 Å². The predicted molar refractivity (Wildman–Crippen MR) is 47.7 cm³/mol. The van der Waals surface area contributed by atoms with Crippen LogP contribution >= 0.6 is 0 Å². The van der Waals surface area contributed by atoms with Gasteiger partial charge in [0.1, 0.15) is 0 Å². The fourth-order valence-corrected chi connectivity index (χ4v) is 3.36. The van der Waals surface area contributed by atoms with Gasteiger partial charge in [-0.05, 0) is 17.8 Å².